The molecule has 1 amide bonds. The van der Waals surface area contributed by atoms with Gasteiger partial charge in [-0.1, -0.05) is 63.9 Å². The van der Waals surface area contributed by atoms with Gasteiger partial charge in [-0.2, -0.15) is 5.10 Å². The summed E-state index contributed by atoms with van der Waals surface area (Å²) in [5.41, 5.74) is 5.24. The maximum absolute atomic E-state index is 12.1. The van der Waals surface area contributed by atoms with E-state index in [1.807, 2.05) is 48.5 Å². The number of nitrogens with zero attached hydrogens (tertiary/aromatic N) is 3. The normalized spacial score (nSPS) is 11.1. The van der Waals surface area contributed by atoms with E-state index in [0.29, 0.717) is 22.1 Å². The Balaban J connectivity index is 1.71. The average molecular weight is 466 g/mol. The summed E-state index contributed by atoms with van der Waals surface area (Å²) >= 11 is 9.90. The van der Waals surface area contributed by atoms with Crippen molar-refractivity contribution >= 4 is 50.6 Å². The summed E-state index contributed by atoms with van der Waals surface area (Å²) in [6.07, 6.45) is 1.42. The van der Waals surface area contributed by atoms with Gasteiger partial charge in [-0.05, 0) is 36.4 Å². The van der Waals surface area contributed by atoms with Gasteiger partial charge in [0.05, 0.1) is 17.4 Å². The van der Waals surface area contributed by atoms with Gasteiger partial charge in [0.1, 0.15) is 0 Å². The van der Waals surface area contributed by atoms with Crippen LogP contribution in [0.5, 0.6) is 0 Å². The number of halogens is 2. The highest BCUT2D eigenvalue weighted by molar-refractivity contribution is 9.10. The molecule has 4 rings (SSSR count). The lowest BCUT2D eigenvalue weighted by atomic mass is 10.1. The highest BCUT2D eigenvalue weighted by atomic mass is 79.9. The SMILES string of the molecule is O=C(N/N=C/c1nc(-c2ccccc2Cl)c2cc(Br)ccc2n1)c1ccccc1. The quantitative estimate of drug-likeness (QED) is 0.321. The summed E-state index contributed by atoms with van der Waals surface area (Å²) in [5, 5.41) is 5.46. The molecule has 0 aliphatic carbocycles. The standard InChI is InChI=1S/C22H14BrClN4O/c23-15-10-11-19-17(12-15)21(16-8-4-5-9-18(16)24)27-20(26-19)13-25-28-22(29)14-6-2-1-3-7-14/h1-13H,(H,28,29)/b25-13+. The van der Waals surface area contributed by atoms with E-state index in [-0.39, 0.29) is 5.91 Å². The van der Waals surface area contributed by atoms with Crippen LogP contribution in [0.3, 0.4) is 0 Å². The third kappa shape index (κ3) is 4.34. The summed E-state index contributed by atoms with van der Waals surface area (Å²) in [4.78, 5) is 21.3. The molecule has 0 spiro atoms. The van der Waals surface area contributed by atoms with Crippen molar-refractivity contribution in [2.75, 3.05) is 0 Å². The van der Waals surface area contributed by atoms with Gasteiger partial charge < -0.3 is 0 Å². The molecule has 0 saturated heterocycles. The number of fused-ring (bicyclic) bond motifs is 1. The van der Waals surface area contributed by atoms with Gasteiger partial charge >= 0.3 is 0 Å². The van der Waals surface area contributed by atoms with Gasteiger partial charge in [0, 0.05) is 26.0 Å². The van der Waals surface area contributed by atoms with Crippen molar-refractivity contribution < 1.29 is 4.79 Å². The predicted octanol–water partition coefficient (Wildman–Crippen LogP) is 5.48. The predicted molar refractivity (Wildman–Crippen MR) is 119 cm³/mol. The molecule has 0 unspecified atom stereocenters. The van der Waals surface area contributed by atoms with Crippen molar-refractivity contribution in [1.82, 2.24) is 15.4 Å². The summed E-state index contributed by atoms with van der Waals surface area (Å²) in [6.45, 7) is 0. The minimum Gasteiger partial charge on any atom is -0.267 e. The molecule has 5 nitrogen and oxygen atoms in total. The molecule has 1 N–H and O–H groups in total. The van der Waals surface area contributed by atoms with Crippen LogP contribution in [-0.2, 0) is 0 Å². The largest absolute Gasteiger partial charge is 0.271 e. The van der Waals surface area contributed by atoms with Crippen LogP contribution in [0.25, 0.3) is 22.2 Å². The van der Waals surface area contributed by atoms with Crippen molar-refractivity contribution in [2.45, 2.75) is 0 Å². The van der Waals surface area contributed by atoms with Crippen LogP contribution in [0.15, 0.2) is 82.4 Å². The molecule has 1 aromatic heterocycles. The lowest BCUT2D eigenvalue weighted by Gasteiger charge is -2.09. The third-order valence-electron chi connectivity index (χ3n) is 4.19. The first kappa shape index (κ1) is 19.2. The van der Waals surface area contributed by atoms with E-state index in [0.717, 1.165) is 20.9 Å². The van der Waals surface area contributed by atoms with E-state index >= 15 is 0 Å². The number of benzene rings is 3. The van der Waals surface area contributed by atoms with Gasteiger partial charge in [-0.15, -0.1) is 0 Å². The van der Waals surface area contributed by atoms with Gasteiger partial charge in [0.25, 0.3) is 5.91 Å². The Labute approximate surface area is 180 Å². The number of hydrogen-bond donors (Lipinski definition) is 1. The molecule has 29 heavy (non-hydrogen) atoms. The van der Waals surface area contributed by atoms with E-state index in [4.69, 9.17) is 11.6 Å². The Hall–Kier alpha value is -3.09. The molecular weight excluding hydrogens is 452 g/mol. The van der Waals surface area contributed by atoms with Crippen molar-refractivity contribution in [3.05, 3.63) is 93.7 Å². The molecule has 0 atom stereocenters. The fraction of sp³-hybridized carbons (Fsp3) is 0. The fourth-order valence-electron chi connectivity index (χ4n) is 2.84. The van der Waals surface area contributed by atoms with Crippen LogP contribution in [0.2, 0.25) is 5.02 Å². The van der Waals surface area contributed by atoms with Crippen LogP contribution >= 0.6 is 27.5 Å². The van der Waals surface area contributed by atoms with Crippen LogP contribution in [0.1, 0.15) is 16.2 Å². The first-order chi connectivity index (χ1) is 14.1. The Kier molecular flexibility index (Phi) is 5.64. The molecule has 0 fully saturated rings. The van der Waals surface area contributed by atoms with Crippen LogP contribution in [0, 0.1) is 0 Å². The fourth-order valence-corrected chi connectivity index (χ4v) is 3.42. The van der Waals surface area contributed by atoms with Crippen LogP contribution in [-0.4, -0.2) is 22.1 Å². The van der Waals surface area contributed by atoms with E-state index < -0.39 is 0 Å². The third-order valence-corrected chi connectivity index (χ3v) is 5.01. The second kappa shape index (κ2) is 8.51. The van der Waals surface area contributed by atoms with Crippen molar-refractivity contribution in [1.29, 1.82) is 0 Å². The molecule has 0 aliphatic heterocycles. The Morgan fingerprint density at radius 3 is 2.55 bits per heavy atom. The van der Waals surface area contributed by atoms with E-state index in [2.05, 4.69) is 36.4 Å². The number of nitrogens with one attached hydrogen (secondary N) is 1. The molecule has 0 saturated carbocycles. The zero-order chi connectivity index (χ0) is 20.2. The van der Waals surface area contributed by atoms with Gasteiger partial charge in [0.15, 0.2) is 5.82 Å². The first-order valence-electron chi connectivity index (χ1n) is 8.72. The molecule has 0 aliphatic rings. The highest BCUT2D eigenvalue weighted by Gasteiger charge is 2.12. The molecule has 4 aromatic rings. The maximum Gasteiger partial charge on any atom is 0.271 e. The zero-order valence-electron chi connectivity index (χ0n) is 15.0. The van der Waals surface area contributed by atoms with Crippen LogP contribution in [0.4, 0.5) is 0 Å². The van der Waals surface area contributed by atoms with Gasteiger partial charge in [-0.25, -0.2) is 15.4 Å². The number of carbonyl (C=O) groups excluding carboxylic acids is 1. The second-order valence-corrected chi connectivity index (χ2v) is 7.46. The summed E-state index contributed by atoms with van der Waals surface area (Å²) in [5.74, 6) is 0.0565. The lowest BCUT2D eigenvalue weighted by molar-refractivity contribution is 0.0955. The Bertz CT molecular complexity index is 1230. The second-order valence-electron chi connectivity index (χ2n) is 6.14. The van der Waals surface area contributed by atoms with E-state index in [1.165, 1.54) is 6.21 Å². The molecule has 1 heterocycles. The molecule has 7 heteroatoms. The van der Waals surface area contributed by atoms with Crippen molar-refractivity contribution in [2.24, 2.45) is 5.10 Å². The number of rotatable bonds is 4. The smallest absolute Gasteiger partial charge is 0.267 e. The summed E-state index contributed by atoms with van der Waals surface area (Å²) in [7, 11) is 0. The summed E-state index contributed by atoms with van der Waals surface area (Å²) < 4.78 is 0.915. The molecule has 142 valence electrons. The van der Waals surface area contributed by atoms with E-state index in [9.17, 15) is 4.79 Å². The zero-order valence-corrected chi connectivity index (χ0v) is 17.4. The number of hydrogen-bond acceptors (Lipinski definition) is 4. The topological polar surface area (TPSA) is 67.2 Å². The van der Waals surface area contributed by atoms with Crippen molar-refractivity contribution in [3.63, 3.8) is 0 Å². The number of amides is 1. The minimum absolute atomic E-state index is 0.308. The average Bonchev–Trinajstić information content (AvgIpc) is 2.74. The van der Waals surface area contributed by atoms with E-state index in [1.54, 1.807) is 24.3 Å². The highest BCUT2D eigenvalue weighted by Crippen LogP contribution is 2.32. The maximum atomic E-state index is 12.1. The number of hydrazone groups is 1. The lowest BCUT2D eigenvalue weighted by Crippen LogP contribution is -2.17. The minimum atomic E-state index is -0.308. The molecule has 0 radical (unpaired) electrons. The number of carbonyl (C=O) groups is 1. The Morgan fingerprint density at radius 1 is 1.00 bits per heavy atom. The van der Waals surface area contributed by atoms with Crippen molar-refractivity contribution in [3.8, 4) is 11.3 Å². The molecule has 3 aromatic carbocycles. The van der Waals surface area contributed by atoms with Gasteiger partial charge in [-0.3, -0.25) is 4.79 Å². The molecular formula is C22H14BrClN4O. The van der Waals surface area contributed by atoms with Crippen LogP contribution < -0.4 is 5.43 Å². The monoisotopic (exact) mass is 464 g/mol. The first-order valence-corrected chi connectivity index (χ1v) is 9.89. The Morgan fingerprint density at radius 2 is 1.76 bits per heavy atom. The molecule has 0 bridgehead atoms. The number of aromatic nitrogens is 2. The summed E-state index contributed by atoms with van der Waals surface area (Å²) in [6, 6.07) is 22.1. The van der Waals surface area contributed by atoms with Gasteiger partial charge in [0.2, 0.25) is 0 Å².